The molecule has 1 fully saturated rings. The van der Waals surface area contributed by atoms with Crippen LogP contribution in [0.2, 0.25) is 0 Å². The van der Waals surface area contributed by atoms with E-state index in [9.17, 15) is 20.1 Å². The Kier molecular flexibility index (Phi) is 10.3. The zero-order chi connectivity index (χ0) is 46.7. The van der Waals surface area contributed by atoms with Gasteiger partial charge in [0.1, 0.15) is 34.9 Å². The lowest BCUT2D eigenvalue weighted by Gasteiger charge is -2.23. The second-order valence-corrected chi connectivity index (χ2v) is 16.7. The SMILES string of the molecule is CC(Nc1nc(-c2cc(-c3cnn(C)c3)c3c(=O)n(C4CC4)c(C(C)Nc4nc(N)ncc4C#N)cc3c2)nc(N)c1C#N)c1cc2cccc(-c3cnn(C)c3)c2c(=O)n1-c1ccccc1. The van der Waals surface area contributed by atoms with Crippen molar-refractivity contribution in [3.63, 3.8) is 0 Å². The zero-order valence-electron chi connectivity index (χ0n) is 36.8. The molecule has 18 nitrogen and oxygen atoms in total. The molecule has 1 aliphatic carbocycles. The fourth-order valence-electron chi connectivity index (χ4n) is 8.76. The van der Waals surface area contributed by atoms with E-state index >= 15 is 0 Å². The number of nitrogen functional groups attached to an aromatic ring is 2. The average molecular weight is 887 g/mol. The Labute approximate surface area is 382 Å². The molecule has 0 bridgehead atoms. The predicted octanol–water partition coefficient (Wildman–Crippen LogP) is 6.94. The van der Waals surface area contributed by atoms with Crippen LogP contribution >= 0.6 is 0 Å². The number of pyridine rings is 2. The number of hydrogen-bond acceptors (Lipinski definition) is 14. The molecule has 0 spiro atoms. The van der Waals surface area contributed by atoms with Gasteiger partial charge in [0, 0.05) is 66.3 Å². The van der Waals surface area contributed by atoms with Crippen molar-refractivity contribution in [3.05, 3.63) is 147 Å². The summed E-state index contributed by atoms with van der Waals surface area (Å²) >= 11 is 0. The Hall–Kier alpha value is -9.16. The number of nitriles is 2. The lowest BCUT2D eigenvalue weighted by atomic mass is 9.96. The van der Waals surface area contributed by atoms with Crippen LogP contribution in [0.25, 0.3) is 60.9 Å². The third kappa shape index (κ3) is 7.51. The van der Waals surface area contributed by atoms with Crippen LogP contribution in [0.3, 0.4) is 0 Å². The molecule has 1 saturated carbocycles. The molecule has 0 aliphatic heterocycles. The molecular formula is C49H42N16O2. The fraction of sp³-hybridized carbons (Fsp3) is 0.184. The number of nitrogens with one attached hydrogen (secondary N) is 2. The molecule has 9 aromatic rings. The van der Waals surface area contributed by atoms with Crippen LogP contribution in [0.15, 0.2) is 113 Å². The van der Waals surface area contributed by atoms with E-state index < -0.39 is 12.1 Å². The summed E-state index contributed by atoms with van der Waals surface area (Å²) in [5.41, 5.74) is 17.6. The smallest absolute Gasteiger partial charge is 0.263 e. The van der Waals surface area contributed by atoms with Crippen LogP contribution in [0, 0.1) is 22.7 Å². The number of rotatable bonds is 11. The van der Waals surface area contributed by atoms with Crippen molar-refractivity contribution < 1.29 is 0 Å². The minimum atomic E-state index is -0.611. The highest BCUT2D eigenvalue weighted by Gasteiger charge is 2.31. The van der Waals surface area contributed by atoms with Crippen molar-refractivity contribution in [1.29, 1.82) is 10.5 Å². The van der Waals surface area contributed by atoms with Crippen molar-refractivity contribution in [2.75, 3.05) is 22.1 Å². The van der Waals surface area contributed by atoms with Gasteiger partial charge in [0.05, 0.1) is 41.4 Å². The van der Waals surface area contributed by atoms with Crippen molar-refractivity contribution in [2.45, 2.75) is 44.8 Å². The number of nitrogens with zero attached hydrogens (tertiary/aromatic N) is 12. The van der Waals surface area contributed by atoms with Crippen LogP contribution in [0.5, 0.6) is 0 Å². The summed E-state index contributed by atoms with van der Waals surface area (Å²) in [5, 5.41) is 38.1. The molecule has 1 aliphatic rings. The minimum Gasteiger partial charge on any atom is -0.382 e. The normalized spacial score (nSPS) is 13.3. The summed E-state index contributed by atoms with van der Waals surface area (Å²) in [6, 6.07) is 25.8. The minimum absolute atomic E-state index is 0.000633. The molecular weight excluding hydrogens is 845 g/mol. The van der Waals surface area contributed by atoms with Crippen LogP contribution in [0.1, 0.15) is 67.3 Å². The summed E-state index contributed by atoms with van der Waals surface area (Å²) in [6.07, 6.45) is 10.1. The maximum atomic E-state index is 14.9. The van der Waals surface area contributed by atoms with Gasteiger partial charge in [-0.15, -0.1) is 0 Å². The molecule has 0 radical (unpaired) electrons. The Morgan fingerprint density at radius 1 is 0.701 bits per heavy atom. The van der Waals surface area contributed by atoms with E-state index in [0.717, 1.165) is 29.4 Å². The second kappa shape index (κ2) is 16.4. The molecule has 6 heterocycles. The summed E-state index contributed by atoms with van der Waals surface area (Å²) in [7, 11) is 3.63. The Bertz CT molecular complexity index is 3660. The second-order valence-electron chi connectivity index (χ2n) is 16.7. The van der Waals surface area contributed by atoms with Gasteiger partial charge in [-0.25, -0.2) is 15.0 Å². The molecule has 2 unspecified atom stereocenters. The van der Waals surface area contributed by atoms with Crippen molar-refractivity contribution >= 4 is 44.9 Å². The van der Waals surface area contributed by atoms with Gasteiger partial charge in [0.2, 0.25) is 5.95 Å². The molecule has 18 heteroatoms. The third-order valence-corrected chi connectivity index (χ3v) is 12.0. The van der Waals surface area contributed by atoms with Gasteiger partial charge in [-0.2, -0.15) is 25.7 Å². The molecule has 6 N–H and O–H groups in total. The lowest BCUT2D eigenvalue weighted by Crippen LogP contribution is -2.27. The number of benzene rings is 3. The zero-order valence-corrected chi connectivity index (χ0v) is 36.8. The summed E-state index contributed by atoms with van der Waals surface area (Å²) in [4.78, 5) is 47.5. The number of anilines is 4. The van der Waals surface area contributed by atoms with Gasteiger partial charge in [0.25, 0.3) is 11.1 Å². The largest absolute Gasteiger partial charge is 0.382 e. The van der Waals surface area contributed by atoms with E-state index in [1.165, 1.54) is 6.20 Å². The van der Waals surface area contributed by atoms with Gasteiger partial charge in [0.15, 0.2) is 11.6 Å². The first-order valence-electron chi connectivity index (χ1n) is 21.5. The first kappa shape index (κ1) is 41.8. The van der Waals surface area contributed by atoms with Gasteiger partial charge in [-0.3, -0.25) is 23.5 Å². The molecule has 0 amide bonds. The maximum Gasteiger partial charge on any atom is 0.263 e. The summed E-state index contributed by atoms with van der Waals surface area (Å²) in [5.74, 6) is 0.521. The molecule has 330 valence electrons. The highest BCUT2D eigenvalue weighted by Crippen LogP contribution is 2.40. The number of nitrogens with two attached hydrogens (primary N) is 2. The highest BCUT2D eigenvalue weighted by atomic mass is 16.1. The van der Waals surface area contributed by atoms with Crippen LogP contribution in [-0.4, -0.2) is 48.6 Å². The maximum absolute atomic E-state index is 14.9. The monoisotopic (exact) mass is 886 g/mol. The van der Waals surface area contributed by atoms with E-state index in [4.69, 9.17) is 16.5 Å². The number of hydrogen-bond donors (Lipinski definition) is 4. The van der Waals surface area contributed by atoms with Crippen LogP contribution in [0.4, 0.5) is 23.4 Å². The molecule has 67 heavy (non-hydrogen) atoms. The van der Waals surface area contributed by atoms with E-state index in [1.54, 1.807) is 33.4 Å². The first-order chi connectivity index (χ1) is 32.4. The topological polar surface area (TPSA) is 255 Å². The lowest BCUT2D eigenvalue weighted by molar-refractivity contribution is 0.636. The van der Waals surface area contributed by atoms with E-state index in [2.05, 4.69) is 47.9 Å². The molecule has 3 aromatic carbocycles. The quantitative estimate of drug-likeness (QED) is 0.103. The molecule has 6 aromatic heterocycles. The number of aromatic nitrogens is 10. The van der Waals surface area contributed by atoms with Crippen molar-refractivity contribution in [2.24, 2.45) is 14.1 Å². The van der Waals surface area contributed by atoms with Crippen molar-refractivity contribution in [1.82, 2.24) is 48.6 Å². The van der Waals surface area contributed by atoms with Gasteiger partial charge in [-0.05, 0) is 85.0 Å². The molecule has 2 atom stereocenters. The Morgan fingerprint density at radius 2 is 1.37 bits per heavy atom. The molecule has 0 saturated heterocycles. The third-order valence-electron chi connectivity index (χ3n) is 12.0. The van der Waals surface area contributed by atoms with E-state index in [-0.39, 0.29) is 57.5 Å². The summed E-state index contributed by atoms with van der Waals surface area (Å²) < 4.78 is 6.85. The van der Waals surface area contributed by atoms with Gasteiger partial charge in [-0.1, -0.05) is 36.4 Å². The van der Waals surface area contributed by atoms with Crippen molar-refractivity contribution in [3.8, 4) is 51.5 Å². The standard InChI is InChI=1S/C49H42N16O2/c1-26(57-45-31(19-50)21-54-49(53)61-45)40-18-29-15-30(16-37(33-23-56-63(4)25-33)42(29)48(67)65(40)35-13-14-35)44-59-43(52)38(20-51)46(60-44)58-27(2)39-17-28-9-8-12-36(32-22-55-62(3)24-32)41(28)47(66)64(39)34-10-6-5-7-11-34/h5-12,15-18,21-27,35H,13-14H2,1-4H3,(H3,52,58,59,60)(H3,53,54,57,61). The number of aryl methyl sites for hydroxylation is 2. The first-order valence-corrected chi connectivity index (χ1v) is 21.5. The molecule has 10 rings (SSSR count). The number of para-hydroxylation sites is 1. The van der Waals surface area contributed by atoms with Crippen LogP contribution < -0.4 is 33.2 Å². The highest BCUT2D eigenvalue weighted by molar-refractivity contribution is 6.00. The summed E-state index contributed by atoms with van der Waals surface area (Å²) in [6.45, 7) is 3.78. The van der Waals surface area contributed by atoms with Crippen LogP contribution in [-0.2, 0) is 14.1 Å². The fourth-order valence-corrected chi connectivity index (χ4v) is 8.76. The predicted molar refractivity (Wildman–Crippen MR) is 256 cm³/mol. The number of fused-ring (bicyclic) bond motifs is 2. The van der Waals surface area contributed by atoms with Gasteiger partial charge >= 0.3 is 0 Å². The average Bonchev–Trinajstić information content (AvgIpc) is 3.91. The van der Waals surface area contributed by atoms with Gasteiger partial charge < -0.3 is 26.7 Å². The van der Waals surface area contributed by atoms with E-state index in [1.807, 2.05) is 111 Å². The Morgan fingerprint density at radius 3 is 2.04 bits per heavy atom. The van der Waals surface area contributed by atoms with E-state index in [0.29, 0.717) is 49.9 Å². The Balaban J connectivity index is 1.12.